The maximum absolute atomic E-state index is 5.04. The van der Waals surface area contributed by atoms with Crippen molar-refractivity contribution in [3.8, 4) is 0 Å². The quantitative estimate of drug-likeness (QED) is 0.400. The molecule has 60 valence electrons. The van der Waals surface area contributed by atoms with Gasteiger partial charge in [-0.05, 0) is 6.92 Å². The van der Waals surface area contributed by atoms with Gasteiger partial charge in [-0.2, -0.15) is 0 Å². The molecule has 2 heteroatoms. The Hall–Kier alpha value is -0.530. The second-order valence-electron chi connectivity index (χ2n) is 0.865. The van der Waals surface area contributed by atoms with Crippen molar-refractivity contribution < 1.29 is 0 Å². The predicted molar refractivity (Wildman–Crippen MR) is 48.0 cm³/mol. The van der Waals surface area contributed by atoms with Crippen LogP contribution < -0.4 is 5.73 Å². The summed E-state index contributed by atoms with van der Waals surface area (Å²) in [6.45, 7) is 5.75. The summed E-state index contributed by atoms with van der Waals surface area (Å²) in [6.07, 6.45) is 0. The van der Waals surface area contributed by atoms with Crippen LogP contribution in [-0.4, -0.2) is 12.9 Å². The third-order valence-electron chi connectivity index (χ3n) is 0.353. The van der Waals surface area contributed by atoms with Crippen LogP contribution in [0.3, 0.4) is 0 Å². The Morgan fingerprint density at radius 1 is 1.22 bits per heavy atom. The zero-order chi connectivity index (χ0) is 6.28. The van der Waals surface area contributed by atoms with Crippen molar-refractivity contribution in [3.05, 3.63) is 0 Å². The smallest absolute Gasteiger partial charge is 0.0902 e. The molecule has 2 nitrogen and oxygen atoms in total. The van der Waals surface area contributed by atoms with E-state index in [1.165, 1.54) is 0 Å². The van der Waals surface area contributed by atoms with Gasteiger partial charge in [0, 0.05) is 7.05 Å². The Morgan fingerprint density at radius 2 is 1.33 bits per heavy atom. The SMILES string of the molecule is C.C.CC.CN=C(C)N. The lowest BCUT2D eigenvalue weighted by molar-refractivity contribution is 1.38. The van der Waals surface area contributed by atoms with Crippen LogP contribution >= 0.6 is 0 Å². The van der Waals surface area contributed by atoms with Crippen molar-refractivity contribution in [2.24, 2.45) is 10.7 Å². The topological polar surface area (TPSA) is 38.4 Å². The molecule has 2 N–H and O–H groups in total. The van der Waals surface area contributed by atoms with E-state index >= 15 is 0 Å². The van der Waals surface area contributed by atoms with E-state index in [0.29, 0.717) is 5.84 Å². The highest BCUT2D eigenvalue weighted by Gasteiger charge is 1.61. The van der Waals surface area contributed by atoms with Gasteiger partial charge in [0.1, 0.15) is 0 Å². The molecule has 0 aromatic rings. The predicted octanol–water partition coefficient (Wildman–Crippen LogP) is 2.29. The van der Waals surface area contributed by atoms with Crippen LogP contribution in [0.1, 0.15) is 35.6 Å². The van der Waals surface area contributed by atoms with E-state index in [0.717, 1.165) is 0 Å². The van der Waals surface area contributed by atoms with Crippen molar-refractivity contribution in [3.63, 3.8) is 0 Å². The summed E-state index contributed by atoms with van der Waals surface area (Å²) in [6, 6.07) is 0. The average molecular weight is 134 g/mol. The first-order valence-corrected chi connectivity index (χ1v) is 2.46. The lowest BCUT2D eigenvalue weighted by Crippen LogP contribution is -2.03. The normalized spacial score (nSPS) is 7.33. The van der Waals surface area contributed by atoms with Crippen LogP contribution in [0.2, 0.25) is 0 Å². The fourth-order valence-corrected chi connectivity index (χ4v) is 0. The number of hydrogen-bond donors (Lipinski definition) is 1. The third kappa shape index (κ3) is 103. The molecule has 0 unspecified atom stereocenters. The van der Waals surface area contributed by atoms with E-state index in [4.69, 9.17) is 5.73 Å². The fourth-order valence-electron chi connectivity index (χ4n) is 0. The molecule has 0 radical (unpaired) electrons. The van der Waals surface area contributed by atoms with Crippen LogP contribution in [0.15, 0.2) is 4.99 Å². The van der Waals surface area contributed by atoms with Gasteiger partial charge in [0.15, 0.2) is 0 Å². The second kappa shape index (κ2) is 26.0. The fraction of sp³-hybridized carbons (Fsp3) is 0.857. The molecular weight excluding hydrogens is 112 g/mol. The van der Waals surface area contributed by atoms with Crippen LogP contribution in [0.4, 0.5) is 0 Å². The van der Waals surface area contributed by atoms with Crippen molar-refractivity contribution in [2.45, 2.75) is 35.6 Å². The van der Waals surface area contributed by atoms with Gasteiger partial charge in [-0.15, -0.1) is 0 Å². The van der Waals surface area contributed by atoms with Crippen molar-refractivity contribution in [1.82, 2.24) is 0 Å². The Morgan fingerprint density at radius 3 is 1.33 bits per heavy atom. The molecular formula is C7H22N2. The van der Waals surface area contributed by atoms with E-state index < -0.39 is 0 Å². The Balaban J connectivity index is -0.0000000286. The van der Waals surface area contributed by atoms with Crippen LogP contribution in [-0.2, 0) is 0 Å². The van der Waals surface area contributed by atoms with Gasteiger partial charge in [0.25, 0.3) is 0 Å². The number of nitrogens with zero attached hydrogens (tertiary/aromatic N) is 1. The summed E-state index contributed by atoms with van der Waals surface area (Å²) in [5.41, 5.74) is 5.04. The zero-order valence-corrected chi connectivity index (χ0v) is 5.52. The molecule has 0 amide bonds. The van der Waals surface area contributed by atoms with Gasteiger partial charge in [-0.1, -0.05) is 28.7 Å². The van der Waals surface area contributed by atoms with E-state index in [1.54, 1.807) is 14.0 Å². The zero-order valence-electron chi connectivity index (χ0n) is 5.52. The Kier molecular flexibility index (Phi) is 68.3. The first kappa shape index (κ1) is 23.7. The lowest BCUT2D eigenvalue weighted by atomic mass is 10.7. The molecule has 0 aliphatic heterocycles. The molecule has 0 heterocycles. The molecule has 0 fully saturated rings. The summed E-state index contributed by atoms with van der Waals surface area (Å²) in [5.74, 6) is 0.630. The van der Waals surface area contributed by atoms with Crippen LogP contribution in [0.5, 0.6) is 0 Å². The van der Waals surface area contributed by atoms with Crippen molar-refractivity contribution in [1.29, 1.82) is 0 Å². The minimum atomic E-state index is 0. The second-order valence-corrected chi connectivity index (χ2v) is 0.865. The highest BCUT2D eigenvalue weighted by atomic mass is 14.8. The minimum absolute atomic E-state index is 0. The van der Waals surface area contributed by atoms with Gasteiger partial charge in [-0.3, -0.25) is 4.99 Å². The molecule has 0 aliphatic rings. The van der Waals surface area contributed by atoms with E-state index in [9.17, 15) is 0 Å². The molecule has 0 bridgehead atoms. The highest BCUT2D eigenvalue weighted by Crippen LogP contribution is 1.52. The minimum Gasteiger partial charge on any atom is -0.388 e. The van der Waals surface area contributed by atoms with Crippen molar-refractivity contribution >= 4 is 5.84 Å². The first-order chi connectivity index (χ1) is 3.27. The Bertz CT molecular complexity index is 44.9. The summed E-state index contributed by atoms with van der Waals surface area (Å²) in [5, 5.41) is 0. The average Bonchev–Trinajstić information content (AvgIpc) is 1.73. The van der Waals surface area contributed by atoms with Gasteiger partial charge in [0.2, 0.25) is 0 Å². The monoisotopic (exact) mass is 134 g/mol. The maximum atomic E-state index is 5.04. The molecule has 9 heavy (non-hydrogen) atoms. The molecule has 0 rings (SSSR count). The van der Waals surface area contributed by atoms with Crippen LogP contribution in [0, 0.1) is 0 Å². The molecule has 0 saturated heterocycles. The molecule has 0 aliphatic carbocycles. The maximum Gasteiger partial charge on any atom is 0.0902 e. The van der Waals surface area contributed by atoms with E-state index in [1.807, 2.05) is 13.8 Å². The third-order valence-corrected chi connectivity index (χ3v) is 0.353. The number of rotatable bonds is 0. The van der Waals surface area contributed by atoms with Gasteiger partial charge in [-0.25, -0.2) is 0 Å². The standard InChI is InChI=1S/C3H8N2.C2H6.2CH4/c1-3(4)5-2;1-2;;/h1-2H3,(H2,4,5);1-2H3;2*1H4. The number of amidine groups is 1. The van der Waals surface area contributed by atoms with E-state index in [2.05, 4.69) is 4.99 Å². The highest BCUT2D eigenvalue weighted by molar-refractivity contribution is 5.77. The number of nitrogens with two attached hydrogens (primary N) is 1. The molecule has 0 saturated carbocycles. The molecule has 0 atom stereocenters. The molecule has 0 aromatic carbocycles. The number of hydrogen-bond acceptors (Lipinski definition) is 1. The Labute approximate surface area is 60.2 Å². The van der Waals surface area contributed by atoms with Gasteiger partial charge >= 0.3 is 0 Å². The molecule has 0 spiro atoms. The lowest BCUT2D eigenvalue weighted by Gasteiger charge is -1.76. The number of aliphatic imine (C=N–C) groups is 1. The van der Waals surface area contributed by atoms with Gasteiger partial charge < -0.3 is 5.73 Å². The summed E-state index contributed by atoms with van der Waals surface area (Å²) in [7, 11) is 1.66. The summed E-state index contributed by atoms with van der Waals surface area (Å²) >= 11 is 0. The van der Waals surface area contributed by atoms with Crippen molar-refractivity contribution in [2.75, 3.05) is 7.05 Å². The molecule has 0 aromatic heterocycles. The largest absolute Gasteiger partial charge is 0.388 e. The van der Waals surface area contributed by atoms with Gasteiger partial charge in [0.05, 0.1) is 5.84 Å². The van der Waals surface area contributed by atoms with Crippen LogP contribution in [0.25, 0.3) is 0 Å². The summed E-state index contributed by atoms with van der Waals surface area (Å²) in [4.78, 5) is 3.58. The summed E-state index contributed by atoms with van der Waals surface area (Å²) < 4.78 is 0. The van der Waals surface area contributed by atoms with E-state index in [-0.39, 0.29) is 14.9 Å². The first-order valence-electron chi connectivity index (χ1n) is 2.46.